The molecule has 0 aliphatic heterocycles. The monoisotopic (exact) mass is 456 g/mol. The van der Waals surface area contributed by atoms with Gasteiger partial charge in [-0.3, -0.25) is 0 Å². The molecule has 5 aromatic rings. The second kappa shape index (κ2) is 10.1. The van der Waals surface area contributed by atoms with E-state index in [9.17, 15) is 0 Å². The molecule has 0 aliphatic rings. The predicted molar refractivity (Wildman–Crippen MR) is 140 cm³/mol. The molecule has 0 fully saturated rings. The predicted octanol–water partition coefficient (Wildman–Crippen LogP) is 6.01. The highest BCUT2D eigenvalue weighted by molar-refractivity contribution is 5.79. The van der Waals surface area contributed by atoms with Gasteiger partial charge in [0, 0.05) is 34.7 Å². The van der Waals surface area contributed by atoms with Crippen LogP contribution in [0, 0.1) is 0 Å². The van der Waals surface area contributed by atoms with Gasteiger partial charge in [-0.05, 0) is 55.7 Å². The van der Waals surface area contributed by atoms with Crippen molar-refractivity contribution in [1.29, 1.82) is 0 Å². The number of nitrogens with zero attached hydrogens (tertiary/aromatic N) is 6. The van der Waals surface area contributed by atoms with Crippen molar-refractivity contribution in [3.63, 3.8) is 0 Å². The maximum Gasteiger partial charge on any atom is 0.178 e. The molecular weight excluding hydrogens is 432 g/mol. The number of hydrogen-bond acceptors (Lipinski definition) is 6. The fraction of sp³-hybridized carbons (Fsp3) is 0.103. The van der Waals surface area contributed by atoms with Crippen molar-refractivity contribution >= 4 is 23.1 Å². The SMILES string of the molecule is C=Cc1cnc(-c2cccc(CCCc3cccc(-c4ncc5ccccc5n4)n3)n2)nc1C=C. The number of benzene rings is 1. The number of aryl methyl sites for hydroxylation is 2. The second-order valence-corrected chi connectivity index (χ2v) is 8.08. The Balaban J connectivity index is 1.27. The van der Waals surface area contributed by atoms with E-state index >= 15 is 0 Å². The lowest BCUT2D eigenvalue weighted by Gasteiger charge is -2.07. The summed E-state index contributed by atoms with van der Waals surface area (Å²) in [6, 6.07) is 19.9. The summed E-state index contributed by atoms with van der Waals surface area (Å²) in [4.78, 5) is 27.8. The van der Waals surface area contributed by atoms with Crippen LogP contribution in [-0.4, -0.2) is 29.9 Å². The van der Waals surface area contributed by atoms with Crippen LogP contribution < -0.4 is 0 Å². The molecule has 0 aliphatic carbocycles. The fourth-order valence-corrected chi connectivity index (χ4v) is 3.88. The van der Waals surface area contributed by atoms with Crippen LogP contribution in [0.2, 0.25) is 0 Å². The summed E-state index contributed by atoms with van der Waals surface area (Å²) in [6.07, 6.45) is 9.59. The summed E-state index contributed by atoms with van der Waals surface area (Å²) >= 11 is 0. The van der Waals surface area contributed by atoms with Crippen LogP contribution in [0.4, 0.5) is 0 Å². The average molecular weight is 457 g/mol. The maximum atomic E-state index is 4.80. The molecule has 0 amide bonds. The fourth-order valence-electron chi connectivity index (χ4n) is 3.88. The van der Waals surface area contributed by atoms with Gasteiger partial charge in [0.1, 0.15) is 11.4 Å². The Morgan fingerprint density at radius 1 is 0.629 bits per heavy atom. The lowest BCUT2D eigenvalue weighted by Crippen LogP contribution is -2.00. The molecule has 0 saturated carbocycles. The third kappa shape index (κ3) is 5.01. The minimum atomic E-state index is 0.581. The highest BCUT2D eigenvalue weighted by atomic mass is 14.9. The molecule has 0 bridgehead atoms. The lowest BCUT2D eigenvalue weighted by molar-refractivity contribution is 0.782. The van der Waals surface area contributed by atoms with Crippen LogP contribution >= 0.6 is 0 Å². The molecule has 0 unspecified atom stereocenters. The van der Waals surface area contributed by atoms with Gasteiger partial charge in [-0.1, -0.05) is 49.6 Å². The van der Waals surface area contributed by atoms with Gasteiger partial charge in [0.2, 0.25) is 0 Å². The Hall–Kier alpha value is -4.58. The molecule has 0 spiro atoms. The van der Waals surface area contributed by atoms with E-state index in [2.05, 4.69) is 33.1 Å². The third-order valence-corrected chi connectivity index (χ3v) is 5.69. The molecule has 0 saturated heterocycles. The van der Waals surface area contributed by atoms with Crippen LogP contribution in [0.1, 0.15) is 29.1 Å². The number of para-hydroxylation sites is 1. The van der Waals surface area contributed by atoms with Gasteiger partial charge in [0.15, 0.2) is 11.6 Å². The van der Waals surface area contributed by atoms with E-state index < -0.39 is 0 Å². The van der Waals surface area contributed by atoms with Crippen LogP contribution in [0.3, 0.4) is 0 Å². The normalized spacial score (nSPS) is 10.9. The van der Waals surface area contributed by atoms with Gasteiger partial charge < -0.3 is 0 Å². The molecule has 0 radical (unpaired) electrons. The molecule has 6 nitrogen and oxygen atoms in total. The van der Waals surface area contributed by atoms with Crippen molar-refractivity contribution in [2.24, 2.45) is 0 Å². The summed E-state index contributed by atoms with van der Waals surface area (Å²) in [6.45, 7) is 7.62. The minimum Gasteiger partial charge on any atom is -0.249 e. The largest absolute Gasteiger partial charge is 0.249 e. The first kappa shape index (κ1) is 22.2. The zero-order valence-corrected chi connectivity index (χ0v) is 19.3. The van der Waals surface area contributed by atoms with E-state index in [4.69, 9.17) is 9.97 Å². The number of hydrogen-bond donors (Lipinski definition) is 0. The Kier molecular flexibility index (Phi) is 6.44. The topological polar surface area (TPSA) is 77.3 Å². The van der Waals surface area contributed by atoms with Gasteiger partial charge in [-0.2, -0.15) is 0 Å². The quantitative estimate of drug-likeness (QED) is 0.285. The molecule has 5 rings (SSSR count). The van der Waals surface area contributed by atoms with Crippen molar-refractivity contribution in [3.8, 4) is 23.0 Å². The molecule has 6 heteroatoms. The summed E-state index contributed by atoms with van der Waals surface area (Å²) < 4.78 is 0. The Morgan fingerprint density at radius 2 is 1.29 bits per heavy atom. The second-order valence-electron chi connectivity index (χ2n) is 8.08. The third-order valence-electron chi connectivity index (χ3n) is 5.69. The number of rotatable bonds is 8. The van der Waals surface area contributed by atoms with Crippen molar-refractivity contribution in [2.75, 3.05) is 0 Å². The Labute approximate surface area is 204 Å². The maximum absolute atomic E-state index is 4.80. The standard InChI is InChI=1S/C29H24N6/c1-3-20-18-30-28(34-24(20)4-2)26-16-8-13-22(32-26)11-7-12-23-14-9-17-27(33-23)29-31-19-21-10-5-6-15-25(21)35-29/h3-6,8-10,13-19H,1-2,7,11-12H2. The van der Waals surface area contributed by atoms with Gasteiger partial charge >= 0.3 is 0 Å². The molecule has 0 N–H and O–H groups in total. The van der Waals surface area contributed by atoms with Gasteiger partial charge in [-0.25, -0.2) is 29.9 Å². The zero-order chi connectivity index (χ0) is 24.0. The number of pyridine rings is 2. The number of fused-ring (bicyclic) bond motifs is 1. The van der Waals surface area contributed by atoms with Crippen LogP contribution in [0.15, 0.2) is 86.2 Å². The average Bonchev–Trinajstić information content (AvgIpc) is 2.92. The molecular formula is C29H24N6. The summed E-state index contributed by atoms with van der Waals surface area (Å²) in [5.41, 5.74) is 6.05. The van der Waals surface area contributed by atoms with Crippen LogP contribution in [0.5, 0.6) is 0 Å². The smallest absolute Gasteiger partial charge is 0.178 e. The van der Waals surface area contributed by atoms with Gasteiger partial charge in [-0.15, -0.1) is 0 Å². The van der Waals surface area contributed by atoms with E-state index in [1.165, 1.54) is 0 Å². The first-order valence-corrected chi connectivity index (χ1v) is 11.5. The van der Waals surface area contributed by atoms with E-state index in [1.54, 1.807) is 18.3 Å². The molecule has 4 aromatic heterocycles. The summed E-state index contributed by atoms with van der Waals surface area (Å²) in [5.74, 6) is 1.22. The Morgan fingerprint density at radius 3 is 1.97 bits per heavy atom. The van der Waals surface area contributed by atoms with E-state index in [0.717, 1.165) is 64.2 Å². The molecule has 0 atom stereocenters. The van der Waals surface area contributed by atoms with Gasteiger partial charge in [0.05, 0.1) is 11.2 Å². The zero-order valence-electron chi connectivity index (χ0n) is 19.3. The Bertz CT molecular complexity index is 1530. The highest BCUT2D eigenvalue weighted by Gasteiger charge is 2.09. The summed E-state index contributed by atoms with van der Waals surface area (Å²) in [5, 5.41) is 1.02. The molecule has 4 heterocycles. The first-order valence-electron chi connectivity index (χ1n) is 11.5. The minimum absolute atomic E-state index is 0.581. The van der Waals surface area contributed by atoms with E-state index in [0.29, 0.717) is 11.6 Å². The van der Waals surface area contributed by atoms with Crippen molar-refractivity contribution < 1.29 is 0 Å². The number of aromatic nitrogens is 6. The molecule has 35 heavy (non-hydrogen) atoms. The van der Waals surface area contributed by atoms with E-state index in [1.807, 2.05) is 66.9 Å². The molecule has 1 aromatic carbocycles. The van der Waals surface area contributed by atoms with Crippen molar-refractivity contribution in [2.45, 2.75) is 19.3 Å². The van der Waals surface area contributed by atoms with Crippen molar-refractivity contribution in [3.05, 3.63) is 109 Å². The first-order chi connectivity index (χ1) is 17.2. The van der Waals surface area contributed by atoms with Crippen LogP contribution in [0.25, 0.3) is 46.1 Å². The summed E-state index contributed by atoms with van der Waals surface area (Å²) in [7, 11) is 0. The van der Waals surface area contributed by atoms with E-state index in [-0.39, 0.29) is 0 Å². The van der Waals surface area contributed by atoms with Crippen LogP contribution in [-0.2, 0) is 12.8 Å². The highest BCUT2D eigenvalue weighted by Crippen LogP contribution is 2.19. The van der Waals surface area contributed by atoms with Crippen molar-refractivity contribution in [1.82, 2.24) is 29.9 Å². The lowest BCUT2D eigenvalue weighted by atomic mass is 10.1. The van der Waals surface area contributed by atoms with Gasteiger partial charge in [0.25, 0.3) is 0 Å². The molecule has 170 valence electrons.